The molecule has 0 spiro atoms. The Morgan fingerprint density at radius 1 is 1.25 bits per heavy atom. The van der Waals surface area contributed by atoms with Crippen LogP contribution in [0.3, 0.4) is 0 Å². The Balaban J connectivity index is 2.37. The summed E-state index contributed by atoms with van der Waals surface area (Å²) in [6.07, 6.45) is 3.97. The van der Waals surface area contributed by atoms with Crippen molar-refractivity contribution in [2.24, 2.45) is 0 Å². The van der Waals surface area contributed by atoms with Crippen LogP contribution >= 0.6 is 0 Å². The van der Waals surface area contributed by atoms with Gasteiger partial charge < -0.3 is 0 Å². The van der Waals surface area contributed by atoms with Crippen molar-refractivity contribution < 1.29 is 4.79 Å². The molecule has 0 aromatic heterocycles. The number of nitrogens with zero attached hydrogens (tertiary/aromatic N) is 1. The van der Waals surface area contributed by atoms with Crippen LogP contribution in [0, 0.1) is 0 Å². The molecule has 0 aromatic carbocycles. The van der Waals surface area contributed by atoms with Gasteiger partial charge in [0, 0.05) is 32.0 Å². The van der Waals surface area contributed by atoms with Crippen molar-refractivity contribution in [2.75, 3.05) is 13.1 Å². The molecule has 12 heavy (non-hydrogen) atoms. The van der Waals surface area contributed by atoms with E-state index < -0.39 is 0 Å². The lowest BCUT2D eigenvalue weighted by molar-refractivity contribution is -0.121. The number of rotatable bonds is 3. The molecule has 2 heteroatoms. The van der Waals surface area contributed by atoms with Gasteiger partial charge in [0.1, 0.15) is 5.78 Å². The molecule has 1 rings (SSSR count). The van der Waals surface area contributed by atoms with E-state index in [2.05, 4.69) is 18.7 Å². The number of carbonyl (C=O) groups is 1. The second-order valence-corrected chi connectivity index (χ2v) is 3.54. The fourth-order valence-electron chi connectivity index (χ4n) is 1.94. The van der Waals surface area contributed by atoms with E-state index in [9.17, 15) is 4.79 Å². The Kier molecular flexibility index (Phi) is 3.73. The van der Waals surface area contributed by atoms with Gasteiger partial charge in [0.15, 0.2) is 0 Å². The summed E-state index contributed by atoms with van der Waals surface area (Å²) in [6.45, 7) is 6.44. The van der Waals surface area contributed by atoms with E-state index in [1.54, 1.807) is 0 Å². The third-order valence-corrected chi connectivity index (χ3v) is 2.81. The van der Waals surface area contributed by atoms with Crippen molar-refractivity contribution in [2.45, 2.75) is 45.6 Å². The van der Waals surface area contributed by atoms with E-state index >= 15 is 0 Å². The summed E-state index contributed by atoms with van der Waals surface area (Å²) in [4.78, 5) is 13.4. The first-order valence-corrected chi connectivity index (χ1v) is 5.03. The molecule has 0 saturated carbocycles. The molecule has 1 heterocycles. The lowest BCUT2D eigenvalue weighted by Gasteiger charge is -2.32. The Morgan fingerprint density at radius 3 is 2.17 bits per heavy atom. The second-order valence-electron chi connectivity index (χ2n) is 3.54. The first-order chi connectivity index (χ1) is 5.77. The van der Waals surface area contributed by atoms with Gasteiger partial charge in [-0.3, -0.25) is 9.69 Å². The SMILES string of the molecule is CCC(CC)N1CCC(=O)CC1. The van der Waals surface area contributed by atoms with Gasteiger partial charge in [0.25, 0.3) is 0 Å². The predicted octanol–water partition coefficient (Wildman–Crippen LogP) is 1.84. The molecular weight excluding hydrogens is 150 g/mol. The van der Waals surface area contributed by atoms with Crippen molar-refractivity contribution in [3.8, 4) is 0 Å². The summed E-state index contributed by atoms with van der Waals surface area (Å²) in [6, 6.07) is 0.707. The van der Waals surface area contributed by atoms with Gasteiger partial charge in [0.2, 0.25) is 0 Å². The molecule has 1 saturated heterocycles. The van der Waals surface area contributed by atoms with Crippen LogP contribution in [0.25, 0.3) is 0 Å². The summed E-state index contributed by atoms with van der Waals surface area (Å²) in [5.41, 5.74) is 0. The summed E-state index contributed by atoms with van der Waals surface area (Å²) in [5.74, 6) is 0.442. The second kappa shape index (κ2) is 4.61. The highest BCUT2D eigenvalue weighted by atomic mass is 16.1. The van der Waals surface area contributed by atoms with E-state index in [4.69, 9.17) is 0 Å². The normalized spacial score (nSPS) is 20.4. The Labute approximate surface area is 74.9 Å². The highest BCUT2D eigenvalue weighted by Crippen LogP contribution is 2.14. The molecule has 0 radical (unpaired) electrons. The zero-order valence-electron chi connectivity index (χ0n) is 8.18. The number of ketones is 1. The minimum absolute atomic E-state index is 0.442. The van der Waals surface area contributed by atoms with E-state index in [0.717, 1.165) is 25.9 Å². The number of hydrogen-bond donors (Lipinski definition) is 0. The largest absolute Gasteiger partial charge is 0.300 e. The van der Waals surface area contributed by atoms with Gasteiger partial charge >= 0.3 is 0 Å². The molecule has 0 unspecified atom stereocenters. The average Bonchev–Trinajstić information content (AvgIpc) is 2.10. The van der Waals surface area contributed by atoms with Crippen LogP contribution in [-0.4, -0.2) is 29.8 Å². The van der Waals surface area contributed by atoms with Crippen LogP contribution in [0.2, 0.25) is 0 Å². The summed E-state index contributed by atoms with van der Waals surface area (Å²) >= 11 is 0. The van der Waals surface area contributed by atoms with Gasteiger partial charge in [-0.15, -0.1) is 0 Å². The predicted molar refractivity (Wildman–Crippen MR) is 50.2 cm³/mol. The highest BCUT2D eigenvalue weighted by Gasteiger charge is 2.20. The minimum Gasteiger partial charge on any atom is -0.300 e. The Bertz CT molecular complexity index is 142. The molecule has 0 aliphatic carbocycles. The summed E-state index contributed by atoms with van der Waals surface area (Å²) < 4.78 is 0. The van der Waals surface area contributed by atoms with E-state index in [1.807, 2.05) is 0 Å². The number of piperidine rings is 1. The van der Waals surface area contributed by atoms with Crippen molar-refractivity contribution in [1.82, 2.24) is 4.90 Å². The van der Waals surface area contributed by atoms with Gasteiger partial charge in [-0.05, 0) is 12.8 Å². The lowest BCUT2D eigenvalue weighted by atomic mass is 10.0. The molecule has 1 aliphatic heterocycles. The standard InChI is InChI=1S/C10H19NO/c1-3-9(4-2)11-7-5-10(12)6-8-11/h9H,3-8H2,1-2H3. The molecule has 0 bridgehead atoms. The zero-order chi connectivity index (χ0) is 8.97. The molecular formula is C10H19NO. The average molecular weight is 169 g/mol. The maximum atomic E-state index is 11.0. The quantitative estimate of drug-likeness (QED) is 0.642. The van der Waals surface area contributed by atoms with Gasteiger partial charge in [-0.25, -0.2) is 0 Å². The van der Waals surface area contributed by atoms with Crippen LogP contribution in [0.15, 0.2) is 0 Å². The Hall–Kier alpha value is -0.370. The maximum Gasteiger partial charge on any atom is 0.135 e. The van der Waals surface area contributed by atoms with Crippen molar-refractivity contribution in [1.29, 1.82) is 0 Å². The molecule has 1 aliphatic rings. The van der Waals surface area contributed by atoms with E-state index in [0.29, 0.717) is 11.8 Å². The first-order valence-electron chi connectivity index (χ1n) is 5.03. The van der Waals surface area contributed by atoms with Gasteiger partial charge in [-0.1, -0.05) is 13.8 Å². The molecule has 0 aromatic rings. The Morgan fingerprint density at radius 2 is 1.75 bits per heavy atom. The van der Waals surface area contributed by atoms with Crippen molar-refractivity contribution in [3.05, 3.63) is 0 Å². The van der Waals surface area contributed by atoms with Crippen LogP contribution < -0.4 is 0 Å². The van der Waals surface area contributed by atoms with Crippen LogP contribution in [-0.2, 0) is 4.79 Å². The zero-order valence-corrected chi connectivity index (χ0v) is 8.18. The monoisotopic (exact) mass is 169 g/mol. The number of Topliss-reactive ketones (excluding diaryl/α,β-unsaturated/α-hetero) is 1. The van der Waals surface area contributed by atoms with Crippen LogP contribution in [0.4, 0.5) is 0 Å². The van der Waals surface area contributed by atoms with Crippen molar-refractivity contribution >= 4 is 5.78 Å². The minimum atomic E-state index is 0.442. The third kappa shape index (κ3) is 2.31. The van der Waals surface area contributed by atoms with Gasteiger partial charge in [-0.2, -0.15) is 0 Å². The smallest absolute Gasteiger partial charge is 0.135 e. The number of hydrogen-bond acceptors (Lipinski definition) is 2. The summed E-state index contributed by atoms with van der Waals surface area (Å²) in [5, 5.41) is 0. The number of likely N-dealkylation sites (tertiary alicyclic amines) is 1. The van der Waals surface area contributed by atoms with Crippen molar-refractivity contribution in [3.63, 3.8) is 0 Å². The molecule has 2 nitrogen and oxygen atoms in total. The topological polar surface area (TPSA) is 20.3 Å². The van der Waals surface area contributed by atoms with Gasteiger partial charge in [0.05, 0.1) is 0 Å². The van der Waals surface area contributed by atoms with E-state index in [-0.39, 0.29) is 0 Å². The van der Waals surface area contributed by atoms with Crippen LogP contribution in [0.1, 0.15) is 39.5 Å². The molecule has 1 fully saturated rings. The number of carbonyl (C=O) groups excluding carboxylic acids is 1. The first kappa shape index (κ1) is 9.72. The van der Waals surface area contributed by atoms with Crippen LogP contribution in [0.5, 0.6) is 0 Å². The maximum absolute atomic E-state index is 11.0. The molecule has 0 atom stereocenters. The fourth-order valence-corrected chi connectivity index (χ4v) is 1.94. The lowest BCUT2D eigenvalue weighted by Crippen LogP contribution is -2.40. The fraction of sp³-hybridized carbons (Fsp3) is 0.900. The molecule has 0 amide bonds. The molecule has 70 valence electrons. The summed E-state index contributed by atoms with van der Waals surface area (Å²) in [7, 11) is 0. The highest BCUT2D eigenvalue weighted by molar-refractivity contribution is 5.79. The molecule has 0 N–H and O–H groups in total. The third-order valence-electron chi connectivity index (χ3n) is 2.81. The van der Waals surface area contributed by atoms with E-state index in [1.165, 1.54) is 12.8 Å².